The van der Waals surface area contributed by atoms with Crippen LogP contribution in [0.15, 0.2) is 54.6 Å². The number of methoxy groups -OCH3 is 1. The van der Waals surface area contributed by atoms with Gasteiger partial charge in [0.05, 0.1) is 25.9 Å². The third-order valence-electron chi connectivity index (χ3n) is 5.93. The Hall–Kier alpha value is -2.37. The lowest BCUT2D eigenvalue weighted by atomic mass is 9.68. The van der Waals surface area contributed by atoms with E-state index in [4.69, 9.17) is 4.74 Å². The Morgan fingerprint density at radius 1 is 1.14 bits per heavy atom. The minimum atomic E-state index is -0.835. The largest absolute Gasteiger partial charge is 0.497 e. The van der Waals surface area contributed by atoms with Gasteiger partial charge in [0.1, 0.15) is 5.75 Å². The summed E-state index contributed by atoms with van der Waals surface area (Å²) in [6.45, 7) is 2.35. The van der Waals surface area contributed by atoms with Crippen LogP contribution in [-0.2, 0) is 10.2 Å². The topological polar surface area (TPSA) is 70.0 Å². The number of carbonyl (C=O) groups excluding carboxylic acids is 1. The third-order valence-corrected chi connectivity index (χ3v) is 5.93. The number of benzene rings is 2. The van der Waals surface area contributed by atoms with Gasteiger partial charge in [0.2, 0.25) is 5.91 Å². The first-order valence-electron chi connectivity index (χ1n) is 9.77. The highest BCUT2D eigenvalue weighted by molar-refractivity contribution is 5.79. The van der Waals surface area contributed by atoms with Gasteiger partial charge < -0.3 is 19.8 Å². The Labute approximate surface area is 166 Å². The van der Waals surface area contributed by atoms with Crippen molar-refractivity contribution in [1.82, 2.24) is 4.90 Å². The summed E-state index contributed by atoms with van der Waals surface area (Å²) < 4.78 is 5.21. The molecule has 2 N–H and O–H groups in total. The van der Waals surface area contributed by atoms with Crippen molar-refractivity contribution in [2.24, 2.45) is 0 Å². The minimum absolute atomic E-state index is 0.0325. The van der Waals surface area contributed by atoms with Crippen molar-refractivity contribution < 1.29 is 19.7 Å². The second kappa shape index (κ2) is 8.76. The van der Waals surface area contributed by atoms with Crippen LogP contribution in [0.3, 0.4) is 0 Å². The van der Waals surface area contributed by atoms with Crippen molar-refractivity contribution in [3.05, 3.63) is 65.7 Å². The smallest absolute Gasteiger partial charge is 0.223 e. The molecule has 28 heavy (non-hydrogen) atoms. The number of likely N-dealkylation sites (tertiary alicyclic amines) is 1. The molecule has 1 fully saturated rings. The first kappa shape index (κ1) is 20.4. The fourth-order valence-electron chi connectivity index (χ4n) is 4.26. The van der Waals surface area contributed by atoms with Crippen LogP contribution in [-0.4, -0.2) is 47.4 Å². The van der Waals surface area contributed by atoms with Crippen molar-refractivity contribution >= 4 is 5.91 Å². The van der Waals surface area contributed by atoms with Gasteiger partial charge in [-0.05, 0) is 43.0 Å². The van der Waals surface area contributed by atoms with Crippen molar-refractivity contribution in [3.8, 4) is 5.75 Å². The molecule has 1 aliphatic rings. The number of carbonyl (C=O) groups is 1. The van der Waals surface area contributed by atoms with Gasteiger partial charge in [0, 0.05) is 18.4 Å². The van der Waals surface area contributed by atoms with E-state index in [0.717, 1.165) is 23.3 Å². The summed E-state index contributed by atoms with van der Waals surface area (Å²) in [5.74, 6) is 0.866. The molecule has 5 nitrogen and oxygen atoms in total. The van der Waals surface area contributed by atoms with Gasteiger partial charge in [-0.2, -0.15) is 0 Å². The van der Waals surface area contributed by atoms with E-state index in [-0.39, 0.29) is 18.6 Å². The summed E-state index contributed by atoms with van der Waals surface area (Å²) in [6, 6.07) is 17.7. The maximum Gasteiger partial charge on any atom is 0.223 e. The predicted octanol–water partition coefficient (Wildman–Crippen LogP) is 3.06. The van der Waals surface area contributed by atoms with E-state index in [9.17, 15) is 15.0 Å². The second-order valence-corrected chi connectivity index (χ2v) is 7.65. The van der Waals surface area contributed by atoms with E-state index in [0.29, 0.717) is 19.4 Å². The number of nitrogens with zero attached hydrogens (tertiary/aromatic N) is 1. The average molecular weight is 383 g/mol. The molecule has 5 heteroatoms. The summed E-state index contributed by atoms with van der Waals surface area (Å²) >= 11 is 0. The molecule has 1 aliphatic heterocycles. The van der Waals surface area contributed by atoms with Crippen LogP contribution in [0.1, 0.15) is 43.4 Å². The molecule has 3 atom stereocenters. The summed E-state index contributed by atoms with van der Waals surface area (Å²) in [5, 5.41) is 19.5. The van der Waals surface area contributed by atoms with Crippen LogP contribution >= 0.6 is 0 Å². The molecular weight excluding hydrogens is 354 g/mol. The number of rotatable bonds is 7. The molecule has 150 valence electrons. The monoisotopic (exact) mass is 383 g/mol. The minimum Gasteiger partial charge on any atom is -0.497 e. The Morgan fingerprint density at radius 2 is 1.82 bits per heavy atom. The molecule has 0 aliphatic carbocycles. The zero-order chi connectivity index (χ0) is 20.1. The average Bonchev–Trinajstić information content (AvgIpc) is 2.74. The van der Waals surface area contributed by atoms with Crippen LogP contribution in [0, 0.1) is 0 Å². The van der Waals surface area contributed by atoms with E-state index in [1.54, 1.807) is 7.11 Å². The molecule has 0 spiro atoms. The molecule has 0 radical (unpaired) electrons. The van der Waals surface area contributed by atoms with Gasteiger partial charge in [0.25, 0.3) is 0 Å². The summed E-state index contributed by atoms with van der Waals surface area (Å²) in [5.41, 5.74) is 1.67. The fourth-order valence-corrected chi connectivity index (χ4v) is 4.26. The SMILES string of the molecule is COc1ccc([C@H](C)N2CC[C@](C[C@H](O)CO)(c3ccccc3)CC2=O)cc1. The molecular formula is C23H29NO4. The van der Waals surface area contributed by atoms with Crippen LogP contribution in [0.25, 0.3) is 0 Å². The summed E-state index contributed by atoms with van der Waals surface area (Å²) in [6.07, 6.45) is 0.623. The number of amides is 1. The van der Waals surface area contributed by atoms with Gasteiger partial charge >= 0.3 is 0 Å². The molecule has 2 aromatic carbocycles. The van der Waals surface area contributed by atoms with Crippen LogP contribution in [0.5, 0.6) is 5.75 Å². The number of hydrogen-bond donors (Lipinski definition) is 2. The number of aliphatic hydroxyl groups is 2. The molecule has 0 aromatic heterocycles. The molecule has 0 bridgehead atoms. The van der Waals surface area contributed by atoms with E-state index in [2.05, 4.69) is 0 Å². The first-order chi connectivity index (χ1) is 13.5. The summed E-state index contributed by atoms with van der Waals surface area (Å²) in [4.78, 5) is 15.1. The van der Waals surface area contributed by atoms with Gasteiger partial charge in [-0.25, -0.2) is 0 Å². The maximum absolute atomic E-state index is 13.1. The van der Waals surface area contributed by atoms with Gasteiger partial charge in [-0.15, -0.1) is 0 Å². The Balaban J connectivity index is 1.81. The zero-order valence-corrected chi connectivity index (χ0v) is 16.5. The van der Waals surface area contributed by atoms with Crippen LogP contribution in [0.2, 0.25) is 0 Å². The second-order valence-electron chi connectivity index (χ2n) is 7.65. The van der Waals surface area contributed by atoms with Crippen LogP contribution in [0.4, 0.5) is 0 Å². The van der Waals surface area contributed by atoms with Crippen molar-refractivity contribution in [3.63, 3.8) is 0 Å². The van der Waals surface area contributed by atoms with E-state index >= 15 is 0 Å². The molecule has 2 aromatic rings. The third kappa shape index (κ3) is 4.21. The quantitative estimate of drug-likeness (QED) is 0.771. The molecule has 1 heterocycles. The Morgan fingerprint density at radius 3 is 2.39 bits per heavy atom. The Bertz CT molecular complexity index is 777. The highest BCUT2D eigenvalue weighted by Gasteiger charge is 2.42. The number of piperidine rings is 1. The van der Waals surface area contributed by atoms with Crippen molar-refractivity contribution in [1.29, 1.82) is 0 Å². The van der Waals surface area contributed by atoms with E-state index < -0.39 is 11.5 Å². The lowest BCUT2D eigenvalue weighted by Gasteiger charge is -2.44. The van der Waals surface area contributed by atoms with E-state index in [1.165, 1.54) is 0 Å². The molecule has 3 rings (SSSR count). The standard InChI is InChI=1S/C23H29NO4/c1-17(18-8-10-21(28-2)11-9-18)24-13-12-23(15-22(24)27,14-20(26)16-25)19-6-4-3-5-7-19/h3-11,17,20,25-26H,12-16H2,1-2H3/t17-,20-,23+/m0/s1. The molecule has 0 unspecified atom stereocenters. The van der Waals surface area contributed by atoms with Gasteiger partial charge in [-0.1, -0.05) is 42.5 Å². The first-order valence-corrected chi connectivity index (χ1v) is 9.77. The predicted molar refractivity (Wildman–Crippen MR) is 108 cm³/mol. The summed E-state index contributed by atoms with van der Waals surface area (Å²) in [7, 11) is 1.64. The van der Waals surface area contributed by atoms with Crippen molar-refractivity contribution in [2.75, 3.05) is 20.3 Å². The zero-order valence-electron chi connectivity index (χ0n) is 16.5. The Kier molecular flexibility index (Phi) is 6.37. The number of aliphatic hydroxyl groups excluding tert-OH is 2. The number of ether oxygens (including phenoxy) is 1. The highest BCUT2D eigenvalue weighted by atomic mass is 16.5. The lowest BCUT2D eigenvalue weighted by Crippen LogP contribution is -2.48. The van der Waals surface area contributed by atoms with E-state index in [1.807, 2.05) is 66.4 Å². The molecule has 1 amide bonds. The molecule has 1 saturated heterocycles. The normalized spacial score (nSPS) is 22.0. The van der Waals surface area contributed by atoms with Crippen molar-refractivity contribution in [2.45, 2.75) is 43.7 Å². The number of hydrogen-bond acceptors (Lipinski definition) is 4. The highest BCUT2D eigenvalue weighted by Crippen LogP contribution is 2.42. The van der Waals surface area contributed by atoms with Gasteiger partial charge in [0.15, 0.2) is 0 Å². The molecule has 0 saturated carbocycles. The lowest BCUT2D eigenvalue weighted by molar-refractivity contribution is -0.139. The fraction of sp³-hybridized carbons (Fsp3) is 0.435. The maximum atomic E-state index is 13.1. The van der Waals surface area contributed by atoms with Gasteiger partial charge in [-0.3, -0.25) is 4.79 Å². The van der Waals surface area contributed by atoms with Crippen LogP contribution < -0.4 is 4.74 Å².